The molecule has 4 heavy (non-hydrogen) atoms. The molecule has 0 fully saturated rings. The van der Waals surface area contributed by atoms with Crippen LogP contribution in [0, 0.1) is 0 Å². The van der Waals surface area contributed by atoms with Gasteiger partial charge in [-0.15, -0.1) is 0 Å². The Bertz CT molecular complexity index is 19.1. The first-order chi connectivity index (χ1) is 1.41. The van der Waals surface area contributed by atoms with Crippen molar-refractivity contribution in [1.29, 1.82) is 0 Å². The molecule has 0 spiro atoms. The summed E-state index contributed by atoms with van der Waals surface area (Å²) >= 11 is 0. The van der Waals surface area contributed by atoms with Crippen LogP contribution in [0.5, 0.6) is 0 Å². The fourth-order valence-electron chi connectivity index (χ4n) is 0. The van der Waals surface area contributed by atoms with Crippen molar-refractivity contribution in [2.75, 3.05) is 0 Å². The molecule has 0 aromatic heterocycles. The van der Waals surface area contributed by atoms with Crippen molar-refractivity contribution in [3.8, 4) is 0 Å². The first kappa shape index (κ1) is 8.83. The summed E-state index contributed by atoms with van der Waals surface area (Å²) in [6.45, 7) is 0. The molecular weight excluding hydrogens is 65.9 g/mol. The third-order valence-electron chi connectivity index (χ3n) is 0. The van der Waals surface area contributed by atoms with Crippen LogP contribution in [0.2, 0.25) is 0 Å². The Morgan fingerprint density at radius 1 is 2.00 bits per heavy atom. The van der Waals surface area contributed by atoms with E-state index in [1.165, 1.54) is 0 Å². The second kappa shape index (κ2) is 9.34. The van der Waals surface area contributed by atoms with Gasteiger partial charge in [0.1, 0.15) is 6.03 Å². The minimum Gasteiger partial charge on any atom is -1.00 e. The van der Waals surface area contributed by atoms with E-state index in [2.05, 4.69) is 0 Å². The Labute approximate surface area is 41.0 Å². The first-order valence-corrected chi connectivity index (χ1v) is 1.24. The normalized spacial score (nSPS) is 3.25. The van der Waals surface area contributed by atoms with Crippen molar-refractivity contribution in [1.82, 2.24) is 0 Å². The van der Waals surface area contributed by atoms with E-state index >= 15 is 0 Å². The molecule has 0 amide bonds. The third-order valence-corrected chi connectivity index (χ3v) is 0. The molecule has 0 radical (unpaired) electrons. The third kappa shape index (κ3) is 16.0. The molecule has 0 aliphatic rings. The van der Waals surface area contributed by atoms with Gasteiger partial charge in [0.05, 0.1) is 0 Å². The van der Waals surface area contributed by atoms with Crippen LogP contribution in [-0.2, 0) is 4.79 Å². The van der Waals surface area contributed by atoms with Crippen molar-refractivity contribution in [3.63, 3.8) is 0 Å². The van der Waals surface area contributed by atoms with Gasteiger partial charge in [0.15, 0.2) is 0 Å². The maximum atomic E-state index is 8.77. The van der Waals surface area contributed by atoms with E-state index in [1.807, 2.05) is 9.24 Å². The molecule has 1 nitrogen and oxygen atoms in total. The molecule has 0 saturated carbocycles. The molecule has 0 saturated heterocycles. The van der Waals surface area contributed by atoms with Crippen molar-refractivity contribution < 1.29 is 25.1 Å². The number of rotatable bonds is 0. The number of hydrogen-bond donors (Lipinski definition) is 0. The molecule has 3 heteroatoms. The Balaban J connectivity index is -0.0000000200. The first-order valence-electron chi connectivity index (χ1n) is 0.569. The van der Waals surface area contributed by atoms with Crippen LogP contribution >= 0.6 is 9.24 Å². The topological polar surface area (TPSA) is 17.1 Å². The zero-order valence-corrected chi connectivity index (χ0v) is 3.72. The smallest absolute Gasteiger partial charge is 1.00 e. The zero-order chi connectivity index (χ0) is 2.71. The molecule has 0 rings (SSSR count). The van der Waals surface area contributed by atoms with Gasteiger partial charge in [-0.1, -0.05) is 9.24 Å². The van der Waals surface area contributed by atoms with Gasteiger partial charge in [0.2, 0.25) is 0 Å². The second-order valence-electron chi connectivity index (χ2n) is 0.136. The minimum atomic E-state index is 0. The molecule has 1 unspecified atom stereocenters. The molecular formula is CH4LiOP. The number of carbonyl (C=O) groups is 1. The number of hydrogen-bond acceptors (Lipinski definition) is 1. The molecule has 0 aromatic carbocycles. The summed E-state index contributed by atoms with van der Waals surface area (Å²) in [7, 11) is 1.90. The predicted octanol–water partition coefficient (Wildman–Crippen LogP) is -2.83. The summed E-state index contributed by atoms with van der Waals surface area (Å²) in [5.74, 6) is 0. The molecule has 1 atom stereocenters. The Morgan fingerprint density at radius 3 is 2.00 bits per heavy atom. The van der Waals surface area contributed by atoms with E-state index in [0.717, 1.165) is 0 Å². The van der Waals surface area contributed by atoms with Crippen molar-refractivity contribution in [2.24, 2.45) is 0 Å². The van der Waals surface area contributed by atoms with Crippen LogP contribution in [-0.4, -0.2) is 6.03 Å². The van der Waals surface area contributed by atoms with E-state index in [-0.39, 0.29) is 20.3 Å². The summed E-state index contributed by atoms with van der Waals surface area (Å²) in [5.41, 5.74) is 0. The summed E-state index contributed by atoms with van der Waals surface area (Å²) in [6, 6.07) is 0.667. The van der Waals surface area contributed by atoms with Crippen LogP contribution in [0.15, 0.2) is 0 Å². The van der Waals surface area contributed by atoms with Crippen LogP contribution < -0.4 is 18.9 Å². The van der Waals surface area contributed by atoms with Gasteiger partial charge in [-0.05, 0) is 0 Å². The SMILES string of the molecule is O=CP.[H-].[Li+]. The van der Waals surface area contributed by atoms with Gasteiger partial charge < -0.3 is 1.43 Å². The molecule has 0 aliphatic heterocycles. The van der Waals surface area contributed by atoms with E-state index in [1.54, 1.807) is 0 Å². The Hall–Kier alpha value is 0.697. The van der Waals surface area contributed by atoms with Gasteiger partial charge in [0, 0.05) is 0 Å². The van der Waals surface area contributed by atoms with Crippen LogP contribution in [0.25, 0.3) is 0 Å². The summed E-state index contributed by atoms with van der Waals surface area (Å²) < 4.78 is 0. The van der Waals surface area contributed by atoms with E-state index in [9.17, 15) is 0 Å². The monoisotopic (exact) mass is 70.0 g/mol. The summed E-state index contributed by atoms with van der Waals surface area (Å²) in [4.78, 5) is 8.77. The van der Waals surface area contributed by atoms with Gasteiger partial charge >= 0.3 is 18.9 Å². The van der Waals surface area contributed by atoms with E-state index < -0.39 is 0 Å². The average molecular weight is 70.0 g/mol. The molecule has 0 heterocycles. The van der Waals surface area contributed by atoms with Crippen molar-refractivity contribution in [2.45, 2.75) is 0 Å². The fourth-order valence-corrected chi connectivity index (χ4v) is 0. The Kier molecular flexibility index (Phi) is 20.6. The summed E-state index contributed by atoms with van der Waals surface area (Å²) in [6.07, 6.45) is 0. The fraction of sp³-hybridized carbons (Fsp3) is 0. The minimum absolute atomic E-state index is 0. The van der Waals surface area contributed by atoms with E-state index in [4.69, 9.17) is 4.79 Å². The van der Waals surface area contributed by atoms with Crippen LogP contribution in [0.4, 0.5) is 0 Å². The largest absolute Gasteiger partial charge is 1.00 e. The predicted molar refractivity (Wildman–Crippen MR) is 17.6 cm³/mol. The zero-order valence-electron chi connectivity index (χ0n) is 3.56. The average Bonchev–Trinajstić information content (AvgIpc) is 0.918. The molecule has 0 aromatic rings. The maximum Gasteiger partial charge on any atom is 1.00 e. The molecule has 20 valence electrons. The van der Waals surface area contributed by atoms with Crippen molar-refractivity contribution in [3.05, 3.63) is 0 Å². The summed E-state index contributed by atoms with van der Waals surface area (Å²) in [5, 5.41) is 0. The van der Waals surface area contributed by atoms with E-state index in [0.29, 0.717) is 6.03 Å². The van der Waals surface area contributed by atoms with Gasteiger partial charge in [-0.2, -0.15) is 0 Å². The quantitative estimate of drug-likeness (QED) is 0.170. The standard InChI is InChI=1S/CH3OP.Li.H/c2-1-3;;/h1H,3H2;;/q;+1;-1. The molecule has 0 N–H and O–H groups in total. The maximum absolute atomic E-state index is 8.77. The van der Waals surface area contributed by atoms with Crippen molar-refractivity contribution >= 4 is 15.3 Å². The number of carbonyl (C=O) groups excluding carboxylic acids is 1. The van der Waals surface area contributed by atoms with Crippen LogP contribution in [0.3, 0.4) is 0 Å². The van der Waals surface area contributed by atoms with Gasteiger partial charge in [-0.3, -0.25) is 4.79 Å². The van der Waals surface area contributed by atoms with Gasteiger partial charge in [0.25, 0.3) is 0 Å². The second-order valence-corrected chi connectivity index (χ2v) is 0.408. The Morgan fingerprint density at radius 2 is 2.00 bits per heavy atom. The molecule has 0 bridgehead atoms. The van der Waals surface area contributed by atoms with Crippen LogP contribution in [0.1, 0.15) is 1.43 Å². The molecule has 0 aliphatic carbocycles. The van der Waals surface area contributed by atoms with Gasteiger partial charge in [-0.25, -0.2) is 0 Å².